The van der Waals surface area contributed by atoms with Crippen LogP contribution in [0.3, 0.4) is 0 Å². The Bertz CT molecular complexity index is 1120. The van der Waals surface area contributed by atoms with Crippen LogP contribution in [-0.4, -0.2) is 68.6 Å². The van der Waals surface area contributed by atoms with Gasteiger partial charge in [0.15, 0.2) is 23.0 Å². The highest BCUT2D eigenvalue weighted by molar-refractivity contribution is 7.13. The van der Waals surface area contributed by atoms with Crippen LogP contribution in [0.25, 0.3) is 21.7 Å². The number of fused-ring (bicyclic) bond motifs is 3. The number of hydrogen-bond donors (Lipinski definition) is 2. The molecule has 3 aromatic rings. The molecule has 0 radical (unpaired) electrons. The Balaban J connectivity index is 1.54. The van der Waals surface area contributed by atoms with Crippen molar-refractivity contribution < 1.29 is 32.9 Å². The van der Waals surface area contributed by atoms with Crippen LogP contribution in [0, 0.1) is 0 Å². The number of ether oxygens (including phenoxy) is 1. The van der Waals surface area contributed by atoms with Crippen LogP contribution in [0.4, 0.5) is 19.6 Å². The molecule has 2 bridgehead atoms. The largest absolute Gasteiger partial charge is 0.465 e. The Morgan fingerprint density at radius 3 is 2.74 bits per heavy atom. The lowest BCUT2D eigenvalue weighted by atomic mass is 9.88. The van der Waals surface area contributed by atoms with Crippen molar-refractivity contribution in [3.05, 3.63) is 23.7 Å². The van der Waals surface area contributed by atoms with Crippen molar-refractivity contribution in [2.45, 2.75) is 37.6 Å². The Hall–Kier alpha value is -2.99. The summed E-state index contributed by atoms with van der Waals surface area (Å²) in [5.41, 5.74) is 0.890. The third-order valence-electron chi connectivity index (χ3n) is 5.57. The van der Waals surface area contributed by atoms with Gasteiger partial charge in [0.05, 0.1) is 17.6 Å². The molecule has 3 aliphatic heterocycles. The van der Waals surface area contributed by atoms with Crippen LogP contribution in [-0.2, 0) is 0 Å². The third-order valence-corrected chi connectivity index (χ3v) is 6.38. The van der Waals surface area contributed by atoms with Gasteiger partial charge in [-0.2, -0.15) is 13.8 Å². The van der Waals surface area contributed by atoms with E-state index >= 15 is 0 Å². The van der Waals surface area contributed by atoms with E-state index < -0.39 is 18.3 Å². The van der Waals surface area contributed by atoms with Crippen LogP contribution in [0.5, 0.6) is 5.75 Å². The average Bonchev–Trinajstić information content (AvgIpc) is 3.38. The fourth-order valence-electron chi connectivity index (χ4n) is 4.02. The molecule has 9 nitrogen and oxygen atoms in total. The number of oxazole rings is 1. The highest BCUT2D eigenvalue weighted by Gasteiger charge is 2.48. The van der Waals surface area contributed by atoms with Gasteiger partial charge in [0.1, 0.15) is 5.01 Å². The summed E-state index contributed by atoms with van der Waals surface area (Å²) >= 11 is 1.36. The SMILES string of the molecule is CC(O)C(F)(F)Oc1ccc(-c2nccs2)c2oc(N3CC4CC(C3)N4C(=O)O)nc12. The number of thiazole rings is 1. The second-order valence-electron chi connectivity index (χ2n) is 7.60. The van der Waals surface area contributed by atoms with Crippen molar-refractivity contribution in [3.63, 3.8) is 0 Å². The molecule has 164 valence electrons. The summed E-state index contributed by atoms with van der Waals surface area (Å²) in [4.78, 5) is 23.2. The molecule has 5 heterocycles. The van der Waals surface area contributed by atoms with Gasteiger partial charge in [-0.1, -0.05) is 0 Å². The normalized spacial score (nSPS) is 21.8. The number of carbonyl (C=O) groups is 1. The molecule has 3 atom stereocenters. The Kier molecular flexibility index (Phi) is 4.52. The molecule has 2 aromatic heterocycles. The summed E-state index contributed by atoms with van der Waals surface area (Å²) < 4.78 is 38.9. The number of piperazine rings is 1. The molecule has 3 saturated heterocycles. The van der Waals surface area contributed by atoms with Crippen molar-refractivity contribution >= 4 is 34.5 Å². The van der Waals surface area contributed by atoms with Crippen molar-refractivity contribution in [3.8, 4) is 16.3 Å². The number of hydrogen-bond acceptors (Lipinski definition) is 8. The van der Waals surface area contributed by atoms with E-state index in [4.69, 9.17) is 9.15 Å². The summed E-state index contributed by atoms with van der Waals surface area (Å²) in [6.07, 6.45) is -4.41. The first-order valence-electron chi connectivity index (χ1n) is 9.59. The van der Waals surface area contributed by atoms with Gasteiger partial charge in [0, 0.05) is 24.7 Å². The van der Waals surface area contributed by atoms with Gasteiger partial charge >= 0.3 is 12.2 Å². The maximum atomic E-state index is 14.1. The summed E-state index contributed by atoms with van der Waals surface area (Å²) in [7, 11) is 0. The minimum absolute atomic E-state index is 0.0809. The molecule has 31 heavy (non-hydrogen) atoms. The average molecular weight is 452 g/mol. The Morgan fingerprint density at radius 1 is 1.39 bits per heavy atom. The summed E-state index contributed by atoms with van der Waals surface area (Å²) in [5, 5.41) is 21.0. The minimum atomic E-state index is -3.82. The molecule has 3 aliphatic rings. The summed E-state index contributed by atoms with van der Waals surface area (Å²) in [5.74, 6) is -0.231. The Labute approximate surface area is 178 Å². The first-order valence-corrected chi connectivity index (χ1v) is 10.5. The molecule has 12 heteroatoms. The molecular weight excluding hydrogens is 434 g/mol. The minimum Gasteiger partial charge on any atom is -0.465 e. The number of piperidine rings is 1. The van der Waals surface area contributed by atoms with Gasteiger partial charge < -0.3 is 24.3 Å². The highest BCUT2D eigenvalue weighted by Crippen LogP contribution is 2.41. The maximum Gasteiger partial charge on any atom is 0.424 e. The fraction of sp³-hybridized carbons (Fsp3) is 0.421. The Morgan fingerprint density at radius 2 is 2.13 bits per heavy atom. The predicted octanol–water partition coefficient (Wildman–Crippen LogP) is 3.24. The van der Waals surface area contributed by atoms with E-state index in [0.717, 1.165) is 13.3 Å². The molecule has 3 unspecified atom stereocenters. The van der Waals surface area contributed by atoms with E-state index in [0.29, 0.717) is 23.7 Å². The topological polar surface area (TPSA) is 112 Å². The van der Waals surface area contributed by atoms with Crippen LogP contribution >= 0.6 is 11.3 Å². The third kappa shape index (κ3) is 3.26. The molecule has 0 saturated carbocycles. The van der Waals surface area contributed by atoms with E-state index in [9.17, 15) is 23.8 Å². The number of anilines is 1. The number of alkyl halides is 2. The summed E-state index contributed by atoms with van der Waals surface area (Å²) in [6.45, 7) is 1.72. The van der Waals surface area contributed by atoms with Gasteiger partial charge in [-0.3, -0.25) is 4.90 Å². The quantitative estimate of drug-likeness (QED) is 0.607. The molecule has 0 spiro atoms. The first-order chi connectivity index (χ1) is 14.7. The van der Waals surface area contributed by atoms with Gasteiger partial charge in [-0.15, -0.1) is 11.3 Å². The van der Waals surface area contributed by atoms with Gasteiger partial charge in [0.25, 0.3) is 6.01 Å². The number of aliphatic hydroxyl groups excluding tert-OH is 1. The predicted molar refractivity (Wildman–Crippen MR) is 107 cm³/mol. The number of rotatable bonds is 5. The van der Waals surface area contributed by atoms with Crippen molar-refractivity contribution in [2.75, 3.05) is 18.0 Å². The zero-order chi connectivity index (χ0) is 21.9. The maximum absolute atomic E-state index is 14.1. The number of nitrogens with zero attached hydrogens (tertiary/aromatic N) is 4. The highest BCUT2D eigenvalue weighted by atomic mass is 32.1. The van der Waals surface area contributed by atoms with E-state index in [1.807, 2.05) is 0 Å². The number of halogens is 2. The lowest BCUT2D eigenvalue weighted by Crippen LogP contribution is -2.70. The molecule has 6 rings (SSSR count). The number of carboxylic acid groups (broad SMARTS) is 1. The number of aromatic nitrogens is 2. The second-order valence-corrected chi connectivity index (χ2v) is 8.50. The van der Waals surface area contributed by atoms with E-state index in [2.05, 4.69) is 9.97 Å². The van der Waals surface area contributed by atoms with Gasteiger partial charge in [0.2, 0.25) is 0 Å². The molecule has 1 amide bonds. The van der Waals surface area contributed by atoms with E-state index in [1.54, 1.807) is 22.5 Å². The zero-order valence-corrected chi connectivity index (χ0v) is 17.1. The van der Waals surface area contributed by atoms with Crippen molar-refractivity contribution in [1.29, 1.82) is 0 Å². The first kappa shape index (κ1) is 19.9. The fourth-order valence-corrected chi connectivity index (χ4v) is 4.68. The van der Waals surface area contributed by atoms with Crippen molar-refractivity contribution in [1.82, 2.24) is 14.9 Å². The summed E-state index contributed by atoms with van der Waals surface area (Å²) in [6, 6.07) is 2.77. The lowest BCUT2D eigenvalue weighted by Gasteiger charge is -2.54. The van der Waals surface area contributed by atoms with Crippen LogP contribution in [0.1, 0.15) is 13.3 Å². The van der Waals surface area contributed by atoms with Gasteiger partial charge in [-0.05, 0) is 25.5 Å². The molecule has 3 fully saturated rings. The monoisotopic (exact) mass is 452 g/mol. The van der Waals surface area contributed by atoms with Crippen LogP contribution in [0.2, 0.25) is 0 Å². The van der Waals surface area contributed by atoms with Gasteiger partial charge in [-0.25, -0.2) is 9.78 Å². The van der Waals surface area contributed by atoms with Crippen LogP contribution in [0.15, 0.2) is 28.1 Å². The zero-order valence-electron chi connectivity index (χ0n) is 16.2. The van der Waals surface area contributed by atoms with Crippen molar-refractivity contribution in [2.24, 2.45) is 0 Å². The molecular formula is C19H18F2N4O5S. The smallest absolute Gasteiger partial charge is 0.424 e. The standard InChI is InChI=1S/C19H18F2N4O5S/c1-9(26)19(20,21)30-13-3-2-12(16-22-4-5-31-16)15-14(13)23-17(29-15)24-7-10-6-11(8-24)25(10)18(27)28/h2-5,9-11,26H,6-8H2,1H3,(H,27,28). The second kappa shape index (κ2) is 7.02. The van der Waals surface area contributed by atoms with Crippen LogP contribution < -0.4 is 9.64 Å². The number of aliphatic hydroxyl groups is 1. The molecule has 1 aromatic carbocycles. The molecule has 0 aliphatic carbocycles. The lowest BCUT2D eigenvalue weighted by molar-refractivity contribution is -0.233. The van der Waals surface area contributed by atoms with E-state index in [-0.39, 0.29) is 34.9 Å². The molecule has 2 N–H and O–H groups in total. The van der Waals surface area contributed by atoms with E-state index in [1.165, 1.54) is 22.3 Å². The number of benzene rings is 1. The number of amides is 1.